The first-order chi connectivity index (χ1) is 15.3. The molecule has 0 saturated heterocycles. The number of methoxy groups -OCH3 is 2. The largest absolute Gasteiger partial charge is 0.481 e. The number of aliphatic imine (C=N–C) groups is 1. The molecule has 0 aliphatic carbocycles. The van der Waals surface area contributed by atoms with Gasteiger partial charge in [0, 0.05) is 6.21 Å². The summed E-state index contributed by atoms with van der Waals surface area (Å²) in [7, 11) is 4.01. The lowest BCUT2D eigenvalue weighted by Gasteiger charge is -2.10. The van der Waals surface area contributed by atoms with Gasteiger partial charge in [0.25, 0.3) is 0 Å². The van der Waals surface area contributed by atoms with Crippen LogP contribution in [0.5, 0.6) is 11.8 Å². The van der Waals surface area contributed by atoms with Crippen LogP contribution in [-0.4, -0.2) is 52.0 Å². The van der Waals surface area contributed by atoms with Gasteiger partial charge in [-0.15, -0.1) is 0 Å². The number of carbonyl (C=O) groups is 1. The van der Waals surface area contributed by atoms with Crippen LogP contribution in [0.1, 0.15) is 13.8 Å². The third-order valence-electron chi connectivity index (χ3n) is 3.49. The van der Waals surface area contributed by atoms with Crippen LogP contribution in [0.15, 0.2) is 39.0 Å². The van der Waals surface area contributed by atoms with E-state index in [-0.39, 0.29) is 33.4 Å². The van der Waals surface area contributed by atoms with E-state index in [4.69, 9.17) is 17.9 Å². The molecular weight excluding hydrogens is 462 g/mol. The number of hydroxylamine groups is 1. The van der Waals surface area contributed by atoms with Crippen molar-refractivity contribution >= 4 is 46.0 Å². The average Bonchev–Trinajstić information content (AvgIpc) is 2.80. The second-order valence-corrected chi connectivity index (χ2v) is 8.52. The first-order valence-electron chi connectivity index (χ1n) is 9.05. The molecule has 0 aliphatic rings. The molecule has 2 rings (SSSR count). The molecule has 2 amide bonds. The van der Waals surface area contributed by atoms with Gasteiger partial charge in [-0.3, -0.25) is 14.5 Å². The first kappa shape index (κ1) is 25.3. The smallest absolute Gasteiger partial charge is 0.346 e. The van der Waals surface area contributed by atoms with Crippen molar-refractivity contribution in [3.8, 4) is 11.8 Å². The number of hydrogen-bond donors (Lipinski definition) is 2. The molecule has 1 aromatic heterocycles. The minimum absolute atomic E-state index is 0.0168. The van der Waals surface area contributed by atoms with Crippen LogP contribution in [0, 0.1) is 5.92 Å². The molecule has 0 saturated carbocycles. The number of nitrogens with zero attached hydrogens (tertiary/aromatic N) is 3. The van der Waals surface area contributed by atoms with E-state index < -0.39 is 28.2 Å². The van der Waals surface area contributed by atoms with Gasteiger partial charge in [-0.05, 0) is 24.1 Å². The Morgan fingerprint density at radius 3 is 2.25 bits per heavy atom. The lowest BCUT2D eigenvalue weighted by molar-refractivity contribution is 0.200. The number of nitrogens with one attached hydrogen (secondary N) is 2. The van der Waals surface area contributed by atoms with Gasteiger partial charge in [-0.25, -0.2) is 18.7 Å². The van der Waals surface area contributed by atoms with E-state index in [0.29, 0.717) is 5.69 Å². The Balaban J connectivity index is 2.14. The number of rotatable bonds is 10. The predicted octanol–water partition coefficient (Wildman–Crippen LogP) is 2.30. The molecule has 0 radical (unpaired) electrons. The molecular formula is C18H23N5O7S2. The maximum absolute atomic E-state index is 12.7. The summed E-state index contributed by atoms with van der Waals surface area (Å²) >= 11 is -4.14. The fourth-order valence-corrected chi connectivity index (χ4v) is 3.77. The molecule has 2 unspecified atom stereocenters. The van der Waals surface area contributed by atoms with Gasteiger partial charge in [-0.2, -0.15) is 14.3 Å². The molecule has 32 heavy (non-hydrogen) atoms. The molecule has 12 nitrogen and oxygen atoms in total. The standard InChI is InChI=1S/C18H23N5O7S2/c1-11(2)10-19-12-6-7-13(31(25)29-5)14(8-12)32(26)30-23-18(24)22-17-20-15(27-3)9-16(21-17)28-4/h6-11H,1-5H3,(H2,20,21,22,23,24). The summed E-state index contributed by atoms with van der Waals surface area (Å²) in [4.78, 5) is 24.4. The second kappa shape index (κ2) is 12.2. The Kier molecular flexibility index (Phi) is 9.64. The zero-order valence-electron chi connectivity index (χ0n) is 18.0. The summed E-state index contributed by atoms with van der Waals surface area (Å²) in [6.45, 7) is 3.90. The third-order valence-corrected chi connectivity index (χ3v) is 5.57. The number of amides is 2. The maximum Gasteiger partial charge on any atom is 0.346 e. The topological polar surface area (TPSA) is 150 Å². The number of carbonyl (C=O) groups excluding carboxylic acids is 1. The van der Waals surface area contributed by atoms with Gasteiger partial charge in [0.1, 0.15) is 0 Å². The summed E-state index contributed by atoms with van der Waals surface area (Å²) < 4.78 is 44.5. The predicted molar refractivity (Wildman–Crippen MR) is 118 cm³/mol. The van der Waals surface area contributed by atoms with Crippen molar-refractivity contribution < 1.29 is 31.2 Å². The second-order valence-electron chi connectivity index (χ2n) is 6.21. The van der Waals surface area contributed by atoms with E-state index >= 15 is 0 Å². The molecule has 14 heteroatoms. The SMILES string of the molecule is COc1cc(OC)nc(NC(=O)NOS(=O)c2cc(N=CC(C)C)ccc2S(=O)OC)n1. The molecule has 0 spiro atoms. The summed E-state index contributed by atoms with van der Waals surface area (Å²) in [5.41, 5.74) is 2.43. The van der Waals surface area contributed by atoms with Gasteiger partial charge in [0.15, 0.2) is 11.1 Å². The molecule has 0 aliphatic heterocycles. The monoisotopic (exact) mass is 485 g/mol. The van der Waals surface area contributed by atoms with E-state index in [1.807, 2.05) is 19.3 Å². The summed E-state index contributed by atoms with van der Waals surface area (Å²) in [6.07, 6.45) is 1.70. The van der Waals surface area contributed by atoms with E-state index in [1.165, 1.54) is 39.5 Å². The molecule has 1 aromatic carbocycles. The van der Waals surface area contributed by atoms with E-state index in [2.05, 4.69) is 20.3 Å². The van der Waals surface area contributed by atoms with Crippen LogP contribution in [0.25, 0.3) is 0 Å². The number of hydrogen-bond acceptors (Lipinski definition) is 10. The Morgan fingerprint density at radius 2 is 1.69 bits per heavy atom. The fourth-order valence-electron chi connectivity index (χ4n) is 2.09. The van der Waals surface area contributed by atoms with Gasteiger partial charge >= 0.3 is 6.03 Å². The van der Waals surface area contributed by atoms with Crippen molar-refractivity contribution in [3.05, 3.63) is 24.3 Å². The molecule has 2 N–H and O–H groups in total. The summed E-state index contributed by atoms with van der Waals surface area (Å²) in [6, 6.07) is 4.98. The quantitative estimate of drug-likeness (QED) is 0.381. The minimum Gasteiger partial charge on any atom is -0.481 e. The average molecular weight is 486 g/mol. The zero-order chi connectivity index (χ0) is 23.7. The Morgan fingerprint density at radius 1 is 1.03 bits per heavy atom. The number of ether oxygens (including phenoxy) is 2. The molecule has 0 bridgehead atoms. The van der Waals surface area contributed by atoms with E-state index in [0.717, 1.165) is 0 Å². The highest BCUT2D eigenvalue weighted by atomic mass is 32.2. The molecule has 2 atom stereocenters. The lowest BCUT2D eigenvalue weighted by Crippen LogP contribution is -2.30. The van der Waals surface area contributed by atoms with Crippen molar-refractivity contribution in [2.45, 2.75) is 23.6 Å². The Bertz CT molecular complexity index is 1010. The van der Waals surface area contributed by atoms with Gasteiger partial charge in [-0.1, -0.05) is 13.8 Å². The van der Waals surface area contributed by atoms with Crippen molar-refractivity contribution in [1.82, 2.24) is 15.4 Å². The van der Waals surface area contributed by atoms with Crippen molar-refractivity contribution in [2.24, 2.45) is 10.9 Å². The molecule has 1 heterocycles. The van der Waals surface area contributed by atoms with E-state index in [9.17, 15) is 13.2 Å². The highest BCUT2D eigenvalue weighted by Gasteiger charge is 2.19. The minimum atomic E-state index is -2.24. The molecule has 0 fully saturated rings. The lowest BCUT2D eigenvalue weighted by atomic mass is 10.2. The summed E-state index contributed by atoms with van der Waals surface area (Å²) in [5.74, 6) is 0.360. The number of urea groups is 1. The van der Waals surface area contributed by atoms with Crippen LogP contribution in [0.4, 0.5) is 16.4 Å². The van der Waals surface area contributed by atoms with Gasteiger partial charge < -0.3 is 9.47 Å². The number of benzene rings is 1. The highest BCUT2D eigenvalue weighted by molar-refractivity contribution is 7.83. The van der Waals surface area contributed by atoms with Crippen LogP contribution in [0.3, 0.4) is 0 Å². The van der Waals surface area contributed by atoms with Crippen LogP contribution in [0.2, 0.25) is 0 Å². The van der Waals surface area contributed by atoms with Crippen molar-refractivity contribution in [3.63, 3.8) is 0 Å². The van der Waals surface area contributed by atoms with Crippen LogP contribution in [-0.2, 0) is 30.6 Å². The number of aromatic nitrogens is 2. The normalized spacial score (nSPS) is 13.1. The Labute approximate surface area is 190 Å². The van der Waals surface area contributed by atoms with E-state index in [1.54, 1.807) is 12.3 Å². The zero-order valence-corrected chi connectivity index (χ0v) is 19.6. The van der Waals surface area contributed by atoms with Crippen LogP contribution >= 0.6 is 0 Å². The first-order valence-corrected chi connectivity index (χ1v) is 11.2. The Hall–Kier alpha value is -2.94. The van der Waals surface area contributed by atoms with Crippen molar-refractivity contribution in [1.29, 1.82) is 0 Å². The summed E-state index contributed by atoms with van der Waals surface area (Å²) in [5, 5.41) is 2.29. The van der Waals surface area contributed by atoms with Gasteiger partial charge in [0.2, 0.25) is 28.8 Å². The molecule has 2 aromatic rings. The third kappa shape index (κ3) is 7.33. The van der Waals surface area contributed by atoms with Gasteiger partial charge in [0.05, 0.1) is 42.9 Å². The maximum atomic E-state index is 12.7. The fraction of sp³-hybridized carbons (Fsp3) is 0.333. The number of anilines is 1. The molecule has 174 valence electrons. The highest BCUT2D eigenvalue weighted by Crippen LogP contribution is 2.25. The van der Waals surface area contributed by atoms with Crippen LogP contribution < -0.4 is 20.3 Å². The van der Waals surface area contributed by atoms with Crippen molar-refractivity contribution in [2.75, 3.05) is 26.6 Å².